The number of anilines is 1. The number of amides is 1. The summed E-state index contributed by atoms with van der Waals surface area (Å²) in [6, 6.07) is 16.0. The summed E-state index contributed by atoms with van der Waals surface area (Å²) in [5.74, 6) is -0.125. The number of aromatic nitrogens is 2. The first-order valence-electron chi connectivity index (χ1n) is 8.95. The molecule has 0 saturated heterocycles. The van der Waals surface area contributed by atoms with E-state index < -0.39 is 0 Å². The van der Waals surface area contributed by atoms with Gasteiger partial charge in [0.05, 0.1) is 0 Å². The number of nitrogens with zero attached hydrogens (tertiary/aromatic N) is 2. The Kier molecular flexibility index (Phi) is 5.00. The van der Waals surface area contributed by atoms with Crippen molar-refractivity contribution in [3.8, 4) is 20.9 Å². The Morgan fingerprint density at radius 1 is 0.857 bits per heavy atom. The molecular weight excluding hydrogens is 366 g/mol. The Morgan fingerprint density at radius 3 is 2.29 bits per heavy atom. The van der Waals surface area contributed by atoms with Crippen LogP contribution in [0.1, 0.15) is 21.5 Å². The third kappa shape index (κ3) is 3.70. The van der Waals surface area contributed by atoms with Crippen LogP contribution in [-0.4, -0.2) is 15.9 Å². The molecule has 1 N–H and O–H groups in total. The average Bonchev–Trinajstić information content (AvgIpc) is 3.11. The van der Waals surface area contributed by atoms with Gasteiger partial charge in [0.25, 0.3) is 5.91 Å². The van der Waals surface area contributed by atoms with Crippen molar-refractivity contribution in [3.05, 3.63) is 90.0 Å². The normalized spacial score (nSPS) is 10.6. The van der Waals surface area contributed by atoms with Gasteiger partial charge in [-0.05, 0) is 72.5 Å². The van der Waals surface area contributed by atoms with E-state index >= 15 is 0 Å². The molecule has 4 rings (SSSR count). The van der Waals surface area contributed by atoms with Gasteiger partial charge in [0.2, 0.25) is 0 Å². The maximum absolute atomic E-state index is 12.5. The second-order valence-electron chi connectivity index (χ2n) is 6.58. The van der Waals surface area contributed by atoms with Crippen LogP contribution in [0.15, 0.2) is 73.3 Å². The van der Waals surface area contributed by atoms with Gasteiger partial charge in [-0.3, -0.25) is 14.8 Å². The molecule has 0 unspecified atom stereocenters. The number of thiophene rings is 1. The van der Waals surface area contributed by atoms with Gasteiger partial charge >= 0.3 is 0 Å². The van der Waals surface area contributed by atoms with E-state index in [4.69, 9.17) is 0 Å². The van der Waals surface area contributed by atoms with Crippen LogP contribution < -0.4 is 5.32 Å². The van der Waals surface area contributed by atoms with Gasteiger partial charge in [0.15, 0.2) is 0 Å². The maximum atomic E-state index is 12.5. The fourth-order valence-corrected chi connectivity index (χ4v) is 4.24. The maximum Gasteiger partial charge on any atom is 0.256 e. The molecule has 3 aromatic heterocycles. The van der Waals surface area contributed by atoms with E-state index in [1.165, 1.54) is 20.9 Å². The third-order valence-corrected chi connectivity index (χ3v) is 5.89. The highest BCUT2D eigenvalue weighted by Crippen LogP contribution is 2.38. The topological polar surface area (TPSA) is 54.9 Å². The van der Waals surface area contributed by atoms with Crippen molar-refractivity contribution in [3.63, 3.8) is 0 Å². The Balaban J connectivity index is 1.55. The zero-order valence-corrected chi connectivity index (χ0v) is 16.5. The van der Waals surface area contributed by atoms with Crippen LogP contribution in [0.3, 0.4) is 0 Å². The lowest BCUT2D eigenvalue weighted by Gasteiger charge is -2.08. The van der Waals surface area contributed by atoms with Gasteiger partial charge in [-0.2, -0.15) is 0 Å². The first-order chi connectivity index (χ1) is 13.6. The van der Waals surface area contributed by atoms with Gasteiger partial charge in [0.1, 0.15) is 0 Å². The van der Waals surface area contributed by atoms with Crippen LogP contribution >= 0.6 is 11.3 Å². The Bertz CT molecular complexity index is 1120. The Hall–Kier alpha value is -3.31. The molecule has 0 aliphatic rings. The highest BCUT2D eigenvalue weighted by Gasteiger charge is 2.11. The lowest BCUT2D eigenvalue weighted by molar-refractivity contribution is 0.102. The predicted octanol–water partition coefficient (Wildman–Crippen LogP) is 5.74. The molecule has 0 fully saturated rings. The number of hydrogen-bond donors (Lipinski definition) is 1. The minimum absolute atomic E-state index is 0.125. The highest BCUT2D eigenvalue weighted by molar-refractivity contribution is 7.19. The average molecular weight is 385 g/mol. The van der Waals surface area contributed by atoms with Gasteiger partial charge < -0.3 is 5.32 Å². The number of nitrogens with one attached hydrogen (secondary N) is 1. The summed E-state index contributed by atoms with van der Waals surface area (Å²) in [5.41, 5.74) is 5.81. The Morgan fingerprint density at radius 2 is 1.57 bits per heavy atom. The standard InChI is InChI=1S/C23H19N3OS/c1-15-13-21(17-7-10-24-11-8-17)28-22(15)18-3-5-19(6-4-18)26-23(27)20-9-12-25-14-16(20)2/h3-14H,1-2H3,(H,26,27). The molecular formula is C23H19N3OS. The van der Waals surface area contributed by atoms with Crippen molar-refractivity contribution in [2.24, 2.45) is 0 Å². The van der Waals surface area contributed by atoms with Crippen LogP contribution in [-0.2, 0) is 0 Å². The summed E-state index contributed by atoms with van der Waals surface area (Å²) in [5, 5.41) is 2.95. The van der Waals surface area contributed by atoms with E-state index in [1.807, 2.05) is 55.7 Å². The second kappa shape index (κ2) is 7.74. The van der Waals surface area contributed by atoms with Crippen LogP contribution in [0.5, 0.6) is 0 Å². The van der Waals surface area contributed by atoms with Gasteiger partial charge in [0, 0.05) is 45.8 Å². The molecule has 4 aromatic rings. The first kappa shape index (κ1) is 18.1. The van der Waals surface area contributed by atoms with Gasteiger partial charge in [-0.15, -0.1) is 11.3 Å². The molecule has 0 atom stereocenters. The highest BCUT2D eigenvalue weighted by atomic mass is 32.1. The molecule has 138 valence electrons. The third-order valence-electron chi connectivity index (χ3n) is 4.55. The number of benzene rings is 1. The minimum Gasteiger partial charge on any atom is -0.322 e. The summed E-state index contributed by atoms with van der Waals surface area (Å²) in [6.45, 7) is 4.00. The summed E-state index contributed by atoms with van der Waals surface area (Å²) < 4.78 is 0. The largest absolute Gasteiger partial charge is 0.322 e. The van der Waals surface area contributed by atoms with Crippen LogP contribution in [0, 0.1) is 13.8 Å². The number of carbonyl (C=O) groups is 1. The lowest BCUT2D eigenvalue weighted by atomic mass is 10.1. The molecule has 0 bridgehead atoms. The SMILES string of the molecule is Cc1cnccc1C(=O)Nc1ccc(-c2sc(-c3ccncc3)cc2C)cc1. The number of hydrogen-bond acceptors (Lipinski definition) is 4. The van der Waals surface area contributed by atoms with Crippen molar-refractivity contribution in [1.82, 2.24) is 9.97 Å². The fraction of sp³-hybridized carbons (Fsp3) is 0.0870. The molecule has 28 heavy (non-hydrogen) atoms. The number of carbonyl (C=O) groups excluding carboxylic acids is 1. The molecule has 0 aliphatic carbocycles. The number of aryl methyl sites for hydroxylation is 2. The van der Waals surface area contributed by atoms with Crippen molar-refractivity contribution in [2.45, 2.75) is 13.8 Å². The summed E-state index contributed by atoms with van der Waals surface area (Å²) >= 11 is 1.76. The molecule has 3 heterocycles. The van der Waals surface area contributed by atoms with Crippen LogP contribution in [0.2, 0.25) is 0 Å². The number of pyridine rings is 2. The van der Waals surface area contributed by atoms with E-state index in [0.29, 0.717) is 5.56 Å². The Labute approximate surface area is 167 Å². The van der Waals surface area contributed by atoms with E-state index in [9.17, 15) is 4.79 Å². The lowest BCUT2D eigenvalue weighted by Crippen LogP contribution is -2.13. The zero-order valence-electron chi connectivity index (χ0n) is 15.6. The molecule has 1 amide bonds. The van der Waals surface area contributed by atoms with Crippen molar-refractivity contribution >= 4 is 22.9 Å². The van der Waals surface area contributed by atoms with E-state index in [1.54, 1.807) is 29.8 Å². The predicted molar refractivity (Wildman–Crippen MR) is 115 cm³/mol. The van der Waals surface area contributed by atoms with Crippen LogP contribution in [0.4, 0.5) is 5.69 Å². The second-order valence-corrected chi connectivity index (χ2v) is 7.63. The molecule has 0 aliphatic heterocycles. The molecule has 0 radical (unpaired) electrons. The molecule has 0 spiro atoms. The molecule has 4 nitrogen and oxygen atoms in total. The molecule has 1 aromatic carbocycles. The molecule has 0 saturated carbocycles. The molecule has 5 heteroatoms. The summed E-state index contributed by atoms with van der Waals surface area (Å²) in [6.07, 6.45) is 6.95. The fourth-order valence-electron chi connectivity index (χ4n) is 3.06. The van der Waals surface area contributed by atoms with E-state index in [2.05, 4.69) is 28.3 Å². The monoisotopic (exact) mass is 385 g/mol. The zero-order chi connectivity index (χ0) is 19.5. The smallest absolute Gasteiger partial charge is 0.256 e. The van der Waals surface area contributed by atoms with Crippen LogP contribution in [0.25, 0.3) is 20.9 Å². The van der Waals surface area contributed by atoms with Crippen molar-refractivity contribution < 1.29 is 4.79 Å². The summed E-state index contributed by atoms with van der Waals surface area (Å²) in [4.78, 5) is 23.0. The van der Waals surface area contributed by atoms with Crippen molar-refractivity contribution in [2.75, 3.05) is 5.32 Å². The quantitative estimate of drug-likeness (QED) is 0.487. The van der Waals surface area contributed by atoms with E-state index in [0.717, 1.165) is 16.8 Å². The van der Waals surface area contributed by atoms with Crippen molar-refractivity contribution in [1.29, 1.82) is 0 Å². The summed E-state index contributed by atoms with van der Waals surface area (Å²) in [7, 11) is 0. The van der Waals surface area contributed by atoms with Gasteiger partial charge in [-0.25, -0.2) is 0 Å². The van der Waals surface area contributed by atoms with E-state index in [-0.39, 0.29) is 5.91 Å². The van der Waals surface area contributed by atoms with Gasteiger partial charge in [-0.1, -0.05) is 12.1 Å². The number of rotatable bonds is 4. The first-order valence-corrected chi connectivity index (χ1v) is 9.77. The minimum atomic E-state index is -0.125.